The van der Waals surface area contributed by atoms with Crippen LogP contribution in [0.15, 0.2) is 30.6 Å². The molecule has 0 aromatic carbocycles. The Labute approximate surface area is 90.1 Å². The maximum Gasteiger partial charge on any atom is 0.316 e. The maximum atomic E-state index is 2.00. The van der Waals surface area contributed by atoms with Gasteiger partial charge in [-0.3, -0.25) is 0 Å². The van der Waals surface area contributed by atoms with Crippen LogP contribution < -0.4 is 4.57 Å². The summed E-state index contributed by atoms with van der Waals surface area (Å²) in [5.41, 5.74) is 0. The summed E-state index contributed by atoms with van der Waals surface area (Å²) in [5.74, 6) is 0. The molecule has 0 aliphatic rings. The largest absolute Gasteiger partial charge is 0.316 e. The van der Waals surface area contributed by atoms with E-state index in [0.29, 0.717) is 0 Å². The molecule has 1 rings (SSSR count). The molecule has 1 radical (unpaired) electrons. The zero-order valence-corrected chi connectivity index (χ0v) is 7.07. The van der Waals surface area contributed by atoms with Crippen molar-refractivity contribution < 1.29 is 5.99 Å². The lowest BCUT2D eigenvalue weighted by atomic mass is 10.5. The number of pyridine rings is 1. The van der Waals surface area contributed by atoms with E-state index < -0.39 is 0 Å². The molecule has 0 amide bonds. The predicted molar refractivity (Wildman–Crippen MR) is 52.7 cm³/mol. The number of hydrogen-bond donors (Lipinski definition) is 0. The molecule has 0 fully saturated rings. The number of aryl methyl sites for hydroxylation is 1. The van der Waals surface area contributed by atoms with Crippen LogP contribution in [-0.4, -0.2) is 23.1 Å². The molecule has 0 saturated carbocycles. The molecular formula is C6H12IMgN+. The Kier molecular flexibility index (Phi) is 9.27. The summed E-state index contributed by atoms with van der Waals surface area (Å²) >= 11 is 0. The van der Waals surface area contributed by atoms with Gasteiger partial charge in [-0.05, 0) is 0 Å². The monoisotopic (exact) mass is 250 g/mol. The number of rotatable bonds is 0. The van der Waals surface area contributed by atoms with E-state index in [1.807, 2.05) is 42.2 Å². The van der Waals surface area contributed by atoms with E-state index >= 15 is 0 Å². The second-order valence-electron chi connectivity index (χ2n) is 1.54. The quantitative estimate of drug-likeness (QED) is 0.355. The minimum absolute atomic E-state index is 0. The van der Waals surface area contributed by atoms with Crippen molar-refractivity contribution in [3.63, 3.8) is 0 Å². The van der Waals surface area contributed by atoms with Gasteiger partial charge in [0, 0.05) is 13.6 Å². The van der Waals surface area contributed by atoms with Crippen LogP contribution in [0, 0.1) is 0 Å². The standard InChI is InChI=1S/C6H8N.HI.Mg.3H/c1-7-5-3-2-4-6-7;;;;;/h2-6H,1H3;1H;;;;/q+1;;;;;/i;;;1+1;;. The molecular weight excluding hydrogens is 237 g/mol. The van der Waals surface area contributed by atoms with Gasteiger partial charge in [0.15, 0.2) is 12.4 Å². The normalized spacial score (nSPS) is 6.78. The lowest BCUT2D eigenvalue weighted by Crippen LogP contribution is -2.25. The van der Waals surface area contributed by atoms with Gasteiger partial charge < -0.3 is 0 Å². The Bertz CT molecular complexity index is 148. The van der Waals surface area contributed by atoms with Crippen molar-refractivity contribution in [2.75, 3.05) is 0 Å². The van der Waals surface area contributed by atoms with Crippen molar-refractivity contribution in [1.82, 2.24) is 0 Å². The van der Waals surface area contributed by atoms with Gasteiger partial charge in [-0.2, -0.15) is 0 Å². The van der Waals surface area contributed by atoms with Gasteiger partial charge >= 0.3 is 23.1 Å². The highest BCUT2D eigenvalue weighted by Gasteiger charge is 1.78. The molecule has 0 saturated heterocycles. The maximum absolute atomic E-state index is 2.00. The first-order valence-corrected chi connectivity index (χ1v) is 2.30. The van der Waals surface area contributed by atoms with Gasteiger partial charge in [0.1, 0.15) is 7.05 Å². The van der Waals surface area contributed by atoms with E-state index in [0.717, 1.165) is 0 Å². The SMILES string of the molecule is C[n+]1ccccc1.I.[2H].[MgH2]. The topological polar surface area (TPSA) is 3.88 Å². The molecule has 0 N–H and O–H groups in total. The van der Waals surface area contributed by atoms with E-state index in [9.17, 15) is 0 Å². The number of aromatic nitrogens is 1. The smallest absolute Gasteiger partial charge is 0.208 e. The lowest BCUT2D eigenvalue weighted by molar-refractivity contribution is -0.671. The van der Waals surface area contributed by atoms with Crippen molar-refractivity contribution in [3.8, 4) is 0 Å². The molecule has 49 valence electrons. The van der Waals surface area contributed by atoms with Crippen LogP contribution in [0.4, 0.5) is 0 Å². The second kappa shape index (κ2) is 6.76. The summed E-state index contributed by atoms with van der Waals surface area (Å²) < 4.78 is 2.00. The van der Waals surface area contributed by atoms with Gasteiger partial charge in [0.05, 0.1) is 0 Å². The van der Waals surface area contributed by atoms with E-state index in [2.05, 4.69) is 0 Å². The Morgan fingerprint density at radius 3 is 1.78 bits per heavy atom. The van der Waals surface area contributed by atoms with Gasteiger partial charge in [0.25, 0.3) is 0 Å². The third-order valence-corrected chi connectivity index (χ3v) is 0.865. The Morgan fingerprint density at radius 2 is 1.56 bits per heavy atom. The van der Waals surface area contributed by atoms with Crippen LogP contribution >= 0.6 is 24.0 Å². The van der Waals surface area contributed by atoms with Crippen LogP contribution in [0.25, 0.3) is 0 Å². The first kappa shape index (κ1) is 12.3. The van der Waals surface area contributed by atoms with Gasteiger partial charge in [-0.1, -0.05) is 6.07 Å². The average molecular weight is 250 g/mol. The predicted octanol–water partition coefficient (Wildman–Crippen LogP) is 0.325. The fourth-order valence-corrected chi connectivity index (χ4v) is 0.485. The van der Waals surface area contributed by atoms with E-state index in [-0.39, 0.29) is 48.5 Å². The zero-order valence-electron chi connectivity index (χ0n) is 5.74. The molecule has 9 heavy (non-hydrogen) atoms. The van der Waals surface area contributed by atoms with Crippen LogP contribution in [-0.2, 0) is 7.05 Å². The first-order valence-electron chi connectivity index (χ1n) is 2.30. The van der Waals surface area contributed by atoms with Gasteiger partial charge in [0.2, 0.25) is 0 Å². The molecule has 1 aromatic rings. The van der Waals surface area contributed by atoms with Crippen LogP contribution in [0.5, 0.6) is 0 Å². The number of nitrogens with zero attached hydrogens (tertiary/aromatic N) is 1. The number of halogens is 1. The summed E-state index contributed by atoms with van der Waals surface area (Å²) in [5, 5.41) is 0. The summed E-state index contributed by atoms with van der Waals surface area (Å²) in [6, 6.07) is 6.00. The zero-order chi connectivity index (χ0) is 5.11. The van der Waals surface area contributed by atoms with E-state index in [4.69, 9.17) is 0 Å². The highest BCUT2D eigenvalue weighted by Crippen LogP contribution is 1.71. The van der Waals surface area contributed by atoms with Crippen molar-refractivity contribution in [3.05, 3.63) is 30.6 Å². The highest BCUT2D eigenvalue weighted by atomic mass is 127. The molecule has 0 spiro atoms. The summed E-state index contributed by atoms with van der Waals surface area (Å²) in [6.45, 7) is 0. The molecule has 1 nitrogen and oxygen atoms in total. The average Bonchev–Trinajstić information content (AvgIpc) is 1.69. The van der Waals surface area contributed by atoms with Gasteiger partial charge in [-0.15, -0.1) is 24.0 Å². The highest BCUT2D eigenvalue weighted by molar-refractivity contribution is 14.0. The lowest BCUT2D eigenvalue weighted by Gasteiger charge is -1.77. The van der Waals surface area contributed by atoms with Crippen LogP contribution in [0.3, 0.4) is 0 Å². The molecule has 0 aliphatic carbocycles. The summed E-state index contributed by atoms with van der Waals surface area (Å²) in [4.78, 5) is 0. The molecule has 3 heteroatoms. The van der Waals surface area contributed by atoms with Gasteiger partial charge in [-0.25, -0.2) is 4.57 Å². The summed E-state index contributed by atoms with van der Waals surface area (Å²) in [6.07, 6.45) is 4.00. The molecule has 0 aliphatic heterocycles. The van der Waals surface area contributed by atoms with Crippen LogP contribution in [0.1, 0.15) is 1.43 Å². The van der Waals surface area contributed by atoms with E-state index in [1.54, 1.807) is 0 Å². The van der Waals surface area contributed by atoms with Crippen molar-refractivity contribution in [1.29, 1.82) is 0 Å². The second-order valence-corrected chi connectivity index (χ2v) is 1.54. The molecule has 0 atom stereocenters. The van der Waals surface area contributed by atoms with Crippen molar-refractivity contribution in [2.24, 2.45) is 7.05 Å². The fraction of sp³-hybridized carbons (Fsp3) is 0.167. The third-order valence-electron chi connectivity index (χ3n) is 0.865. The fourth-order valence-electron chi connectivity index (χ4n) is 0.485. The molecule has 1 heterocycles. The van der Waals surface area contributed by atoms with Crippen LogP contribution in [0.2, 0.25) is 0 Å². The van der Waals surface area contributed by atoms with Crippen molar-refractivity contribution in [2.45, 2.75) is 0 Å². The van der Waals surface area contributed by atoms with Crippen molar-refractivity contribution >= 4 is 47.0 Å². The van der Waals surface area contributed by atoms with E-state index in [1.165, 1.54) is 0 Å². The summed E-state index contributed by atoms with van der Waals surface area (Å²) in [7, 11) is 2.00. The molecule has 0 unspecified atom stereocenters. The minimum Gasteiger partial charge on any atom is -0.208 e. The first-order chi connectivity index (χ1) is 3.39. The number of hydrogen-bond acceptors (Lipinski definition) is 0. The molecule has 1 aromatic heterocycles. The minimum atomic E-state index is 0. The Balaban J connectivity index is -0.000000163. The Hall–Kier alpha value is 0.646. The Morgan fingerprint density at radius 1 is 1.11 bits per heavy atom. The third kappa shape index (κ3) is 5.11. The molecule has 0 bridgehead atoms.